The fraction of sp³-hybridized carbons (Fsp3) is 0.939. The summed E-state index contributed by atoms with van der Waals surface area (Å²) in [5.41, 5.74) is 0. The summed E-state index contributed by atoms with van der Waals surface area (Å²) >= 11 is 0. The predicted octanol–water partition coefficient (Wildman–Crippen LogP) is 18.1. The van der Waals surface area contributed by atoms with E-state index in [0.717, 1.165) is 114 Å². The van der Waals surface area contributed by atoms with Gasteiger partial charge in [-0.3, -0.25) is 37.3 Å². The van der Waals surface area contributed by atoms with E-state index in [-0.39, 0.29) is 25.7 Å². The van der Waals surface area contributed by atoms with Crippen molar-refractivity contribution < 1.29 is 80.2 Å². The summed E-state index contributed by atoms with van der Waals surface area (Å²) in [5, 5.41) is 10.5. The zero-order valence-electron chi connectivity index (χ0n) is 55.2. The largest absolute Gasteiger partial charge is 0.472 e. The van der Waals surface area contributed by atoms with Crippen LogP contribution in [-0.2, 0) is 65.4 Å². The Labute approximate surface area is 517 Å². The van der Waals surface area contributed by atoms with Crippen molar-refractivity contribution in [2.75, 3.05) is 39.6 Å². The van der Waals surface area contributed by atoms with Crippen molar-refractivity contribution in [3.05, 3.63) is 0 Å². The van der Waals surface area contributed by atoms with Crippen molar-refractivity contribution in [2.24, 2.45) is 23.7 Å². The van der Waals surface area contributed by atoms with Crippen LogP contribution in [0.1, 0.15) is 319 Å². The van der Waals surface area contributed by atoms with Crippen LogP contribution in [0.2, 0.25) is 0 Å². The first-order valence-corrected chi connectivity index (χ1v) is 37.2. The lowest BCUT2D eigenvalue weighted by atomic mass is 10.00. The van der Waals surface area contributed by atoms with Crippen molar-refractivity contribution in [1.82, 2.24) is 0 Å². The second-order valence-electron chi connectivity index (χ2n) is 25.5. The minimum atomic E-state index is -4.95. The van der Waals surface area contributed by atoms with Crippen molar-refractivity contribution in [3.8, 4) is 0 Å². The molecule has 0 saturated heterocycles. The molecule has 0 saturated carbocycles. The normalized spacial score (nSPS) is 14.7. The van der Waals surface area contributed by atoms with Crippen LogP contribution < -0.4 is 0 Å². The van der Waals surface area contributed by atoms with Crippen molar-refractivity contribution in [1.29, 1.82) is 0 Å². The first-order valence-electron chi connectivity index (χ1n) is 34.2. The third-order valence-corrected chi connectivity index (χ3v) is 17.3. The summed E-state index contributed by atoms with van der Waals surface area (Å²) in [5.74, 6) is 0.763. The number of aliphatic hydroxyl groups is 1. The lowest BCUT2D eigenvalue weighted by Crippen LogP contribution is -2.30. The molecule has 4 unspecified atom stereocenters. The Morgan fingerprint density at radius 1 is 0.329 bits per heavy atom. The molecule has 504 valence electrons. The van der Waals surface area contributed by atoms with Crippen molar-refractivity contribution in [3.63, 3.8) is 0 Å². The Hall–Kier alpha value is -1.94. The topological polar surface area (TPSA) is 237 Å². The van der Waals surface area contributed by atoms with E-state index in [1.807, 2.05) is 0 Å². The van der Waals surface area contributed by atoms with E-state index in [9.17, 15) is 43.2 Å². The van der Waals surface area contributed by atoms with Crippen molar-refractivity contribution >= 4 is 39.5 Å². The fourth-order valence-corrected chi connectivity index (χ4v) is 11.3. The Balaban J connectivity index is 5.24. The SMILES string of the molecule is CCC(C)CCCCCCCCC(=O)OC[C@H](COP(=O)(O)OCC(O)COP(=O)(O)OC[C@@H](COC(=O)CCCCCCCCCCC(C)C)OC(=O)CCCCCCCCC(C)C)OC(=O)CCCCCCCCCCCCCCC(C)C. The molecule has 0 aliphatic rings. The second kappa shape index (κ2) is 56.1. The maximum atomic E-state index is 13.0. The lowest BCUT2D eigenvalue weighted by molar-refractivity contribution is -0.161. The van der Waals surface area contributed by atoms with Crippen LogP contribution in [0, 0.1) is 23.7 Å². The van der Waals surface area contributed by atoms with Crippen LogP contribution in [0.4, 0.5) is 0 Å². The van der Waals surface area contributed by atoms with Crippen LogP contribution in [0.15, 0.2) is 0 Å². The second-order valence-corrected chi connectivity index (χ2v) is 28.4. The standard InChI is InChI=1S/C66H128O17P2/c1-9-59(8)45-37-29-23-25-31-39-47-64(69)77-53-61(82-65(70)48-40-32-21-15-13-11-10-12-14-18-26-34-42-56(2)3)54-80-84(72,73)78-50-60(67)51-79-85(74,75)81-55-62(83-66(71)49-41-33-24-22-28-36-44-58(6)7)52-76-63(68)46-38-30-20-17-16-19-27-35-43-57(4)5/h56-62,67H,9-55H2,1-8H3,(H,72,73)(H,74,75)/t59?,60?,61-,62-/m1/s1. The van der Waals surface area contributed by atoms with Gasteiger partial charge in [0.1, 0.15) is 19.3 Å². The maximum absolute atomic E-state index is 13.0. The number of carbonyl (C=O) groups excluding carboxylic acids is 4. The van der Waals surface area contributed by atoms with Gasteiger partial charge in [-0.15, -0.1) is 0 Å². The zero-order valence-corrected chi connectivity index (χ0v) is 57.0. The highest BCUT2D eigenvalue weighted by Gasteiger charge is 2.30. The smallest absolute Gasteiger partial charge is 0.462 e. The highest BCUT2D eigenvalue weighted by Crippen LogP contribution is 2.45. The van der Waals surface area contributed by atoms with E-state index in [0.29, 0.717) is 31.6 Å². The molecule has 17 nitrogen and oxygen atoms in total. The molecule has 0 aromatic rings. The third-order valence-electron chi connectivity index (χ3n) is 15.4. The summed E-state index contributed by atoms with van der Waals surface area (Å²) in [7, 11) is -9.89. The molecule has 19 heteroatoms. The summed E-state index contributed by atoms with van der Waals surface area (Å²) < 4.78 is 68.0. The number of hydrogen-bond acceptors (Lipinski definition) is 15. The van der Waals surface area contributed by atoms with E-state index in [1.165, 1.54) is 116 Å². The molecule has 0 rings (SSSR count). The van der Waals surface area contributed by atoms with Gasteiger partial charge in [0.25, 0.3) is 0 Å². The fourth-order valence-electron chi connectivity index (χ4n) is 9.75. The Morgan fingerprint density at radius 3 is 0.835 bits per heavy atom. The van der Waals surface area contributed by atoms with Crippen molar-refractivity contribution in [2.45, 2.75) is 337 Å². The number of hydrogen-bond donors (Lipinski definition) is 3. The van der Waals surface area contributed by atoms with Crippen LogP contribution in [0.5, 0.6) is 0 Å². The molecule has 0 aliphatic carbocycles. The molecule has 3 N–H and O–H groups in total. The van der Waals surface area contributed by atoms with E-state index >= 15 is 0 Å². The molecular formula is C66H128O17P2. The van der Waals surface area contributed by atoms with E-state index < -0.39 is 97.5 Å². The summed E-state index contributed by atoms with van der Waals surface area (Å²) in [6.07, 6.45) is 36.4. The molecule has 0 amide bonds. The van der Waals surface area contributed by atoms with Crippen LogP contribution in [0.25, 0.3) is 0 Å². The van der Waals surface area contributed by atoms with Gasteiger partial charge in [-0.1, -0.05) is 267 Å². The van der Waals surface area contributed by atoms with E-state index in [2.05, 4.69) is 55.4 Å². The van der Waals surface area contributed by atoms with E-state index in [1.54, 1.807) is 0 Å². The first-order chi connectivity index (χ1) is 40.6. The molecule has 0 spiro atoms. The molecule has 0 radical (unpaired) electrons. The molecule has 85 heavy (non-hydrogen) atoms. The third kappa shape index (κ3) is 59.5. The van der Waals surface area contributed by atoms with Crippen LogP contribution in [-0.4, -0.2) is 96.7 Å². The van der Waals surface area contributed by atoms with Gasteiger partial charge in [0, 0.05) is 25.7 Å². The van der Waals surface area contributed by atoms with Gasteiger partial charge < -0.3 is 33.8 Å². The molecule has 0 aromatic carbocycles. The van der Waals surface area contributed by atoms with E-state index in [4.69, 9.17) is 37.0 Å². The molecule has 6 atom stereocenters. The van der Waals surface area contributed by atoms with Gasteiger partial charge >= 0.3 is 39.5 Å². The molecular weight excluding hydrogens is 1130 g/mol. The van der Waals surface area contributed by atoms with Crippen LogP contribution in [0.3, 0.4) is 0 Å². The Bertz CT molecular complexity index is 1700. The van der Waals surface area contributed by atoms with Gasteiger partial charge in [0.05, 0.1) is 26.4 Å². The average molecular weight is 1260 g/mol. The minimum absolute atomic E-state index is 0.101. The number of esters is 4. The number of carbonyl (C=O) groups is 4. The highest BCUT2D eigenvalue weighted by atomic mass is 31.2. The number of phosphoric acid groups is 2. The molecule has 0 bridgehead atoms. The van der Waals surface area contributed by atoms with Gasteiger partial charge in [-0.2, -0.15) is 0 Å². The number of aliphatic hydroxyl groups excluding tert-OH is 1. The zero-order chi connectivity index (χ0) is 63.2. The van der Waals surface area contributed by atoms with Gasteiger partial charge in [0.2, 0.25) is 0 Å². The minimum Gasteiger partial charge on any atom is -0.462 e. The molecule has 0 heterocycles. The Morgan fingerprint density at radius 2 is 0.565 bits per heavy atom. The molecule has 0 aliphatic heterocycles. The summed E-state index contributed by atoms with van der Waals surface area (Å²) in [6, 6.07) is 0. The quantitative estimate of drug-likeness (QED) is 0.0222. The van der Waals surface area contributed by atoms with Crippen LogP contribution >= 0.6 is 15.6 Å². The summed E-state index contributed by atoms with van der Waals surface area (Å²) in [6.45, 7) is 14.0. The maximum Gasteiger partial charge on any atom is 0.472 e. The van der Waals surface area contributed by atoms with Gasteiger partial charge in [0.15, 0.2) is 12.2 Å². The Kier molecular flexibility index (Phi) is 54.8. The highest BCUT2D eigenvalue weighted by molar-refractivity contribution is 7.47. The lowest BCUT2D eigenvalue weighted by Gasteiger charge is -2.21. The summed E-state index contributed by atoms with van der Waals surface area (Å²) in [4.78, 5) is 72.3. The number of unbranched alkanes of at least 4 members (excludes halogenated alkanes) is 28. The molecule has 0 aromatic heterocycles. The number of phosphoric ester groups is 2. The predicted molar refractivity (Wildman–Crippen MR) is 340 cm³/mol. The van der Waals surface area contributed by atoms with Gasteiger partial charge in [-0.25, -0.2) is 9.13 Å². The molecule has 0 fully saturated rings. The van der Waals surface area contributed by atoms with Gasteiger partial charge in [-0.05, 0) is 49.4 Å². The average Bonchev–Trinajstić information content (AvgIpc) is 3.51. The first kappa shape index (κ1) is 83.1. The monoisotopic (exact) mass is 1250 g/mol. The number of ether oxygens (including phenoxy) is 4. The number of rotatable bonds is 63.